The van der Waals surface area contributed by atoms with Crippen LogP contribution in [0.15, 0.2) is 54.9 Å². The van der Waals surface area contributed by atoms with Gasteiger partial charge in [0.05, 0.1) is 6.10 Å². The van der Waals surface area contributed by atoms with Gasteiger partial charge < -0.3 is 4.74 Å². The molecule has 2 aromatic heterocycles. The van der Waals surface area contributed by atoms with Gasteiger partial charge >= 0.3 is 0 Å². The summed E-state index contributed by atoms with van der Waals surface area (Å²) in [5, 5.41) is 0. The van der Waals surface area contributed by atoms with Gasteiger partial charge in [-0.1, -0.05) is 18.2 Å². The highest BCUT2D eigenvalue weighted by molar-refractivity contribution is 5.68. The number of ether oxygens (including phenoxy) is 1. The summed E-state index contributed by atoms with van der Waals surface area (Å²) in [4.78, 5) is 12.4. The number of aromatic nitrogens is 3. The first-order valence-corrected chi connectivity index (χ1v) is 10.5. The summed E-state index contributed by atoms with van der Waals surface area (Å²) in [6.07, 6.45) is 10.9. The van der Waals surface area contributed by atoms with E-state index in [1.807, 2.05) is 19.1 Å². The number of hydrogen-bond donors (Lipinski definition) is 0. The van der Waals surface area contributed by atoms with E-state index < -0.39 is 0 Å². The summed E-state index contributed by atoms with van der Waals surface area (Å²) in [6.45, 7) is 1.94. The van der Waals surface area contributed by atoms with Crippen molar-refractivity contribution in [2.24, 2.45) is 23.7 Å². The summed E-state index contributed by atoms with van der Waals surface area (Å²) in [5.74, 6) is 5.19. The van der Waals surface area contributed by atoms with Crippen molar-refractivity contribution in [1.82, 2.24) is 15.0 Å². The molecule has 0 N–H and O–H groups in total. The number of benzene rings is 1. The second-order valence-corrected chi connectivity index (χ2v) is 8.63. The van der Waals surface area contributed by atoms with Gasteiger partial charge in [-0.3, -0.25) is 4.98 Å². The van der Waals surface area contributed by atoms with Crippen LogP contribution in [0.25, 0.3) is 11.2 Å². The van der Waals surface area contributed by atoms with E-state index in [4.69, 9.17) is 4.74 Å². The zero-order valence-corrected chi connectivity index (χ0v) is 16.4. The lowest BCUT2D eigenvalue weighted by Gasteiger charge is -2.42. The maximum Gasteiger partial charge on any atom is 0.178 e. The summed E-state index contributed by atoms with van der Waals surface area (Å²) < 4.78 is 6.18. The lowest BCUT2D eigenvalue weighted by molar-refractivity contribution is 0.0457. The molecule has 4 heteroatoms. The minimum Gasteiger partial charge on any atom is -0.490 e. The summed E-state index contributed by atoms with van der Waals surface area (Å²) >= 11 is 0. The second-order valence-electron chi connectivity index (χ2n) is 8.63. The zero-order valence-electron chi connectivity index (χ0n) is 16.4. The van der Waals surface area contributed by atoms with Crippen molar-refractivity contribution in [1.29, 1.82) is 0 Å². The third-order valence-electron chi connectivity index (χ3n) is 6.74. The molecule has 0 radical (unpaired) electrons. The van der Waals surface area contributed by atoms with Crippen LogP contribution < -0.4 is 4.74 Å². The fraction of sp³-hybridized carbons (Fsp3) is 0.458. The Labute approximate surface area is 166 Å². The third kappa shape index (κ3) is 3.60. The van der Waals surface area contributed by atoms with Crippen molar-refractivity contribution in [2.75, 3.05) is 0 Å². The normalized spacial score (nSPS) is 30.0. The molecular weight excluding hydrogens is 346 g/mol. The molecule has 0 spiro atoms. The highest BCUT2D eigenvalue weighted by atomic mass is 16.5. The molecule has 0 amide bonds. The van der Waals surface area contributed by atoms with Crippen LogP contribution in [-0.4, -0.2) is 21.1 Å². The van der Waals surface area contributed by atoms with Crippen LogP contribution in [-0.2, 0) is 0 Å². The van der Waals surface area contributed by atoms with E-state index in [2.05, 4.69) is 45.3 Å². The zero-order chi connectivity index (χ0) is 18.9. The smallest absolute Gasteiger partial charge is 0.178 e. The summed E-state index contributed by atoms with van der Waals surface area (Å²) in [7, 11) is 0. The Morgan fingerprint density at radius 1 is 0.821 bits per heavy atom. The van der Waals surface area contributed by atoms with E-state index in [0.29, 0.717) is 11.8 Å². The first-order valence-electron chi connectivity index (χ1n) is 10.5. The molecular formula is C24H27N3O. The fourth-order valence-corrected chi connectivity index (χ4v) is 5.50. The molecule has 0 aliphatic heterocycles. The standard InChI is InChI=1S/C16H20O.C8H7N3/c1-2-4-14(5-3-1)17-15-7-11-6-12-9-13(10-15)16(12)8-11;1-6-2-3-7-8(11-6)10-5-4-9-7/h1-5,11-13,15-16H,6-10H2;2-5H,1H3/t11?,12-,13?,15?,16?;/m1./s1. The van der Waals surface area contributed by atoms with Crippen LogP contribution in [0.4, 0.5) is 0 Å². The van der Waals surface area contributed by atoms with Crippen molar-refractivity contribution < 1.29 is 4.74 Å². The predicted octanol–water partition coefficient (Wildman–Crippen LogP) is 5.22. The van der Waals surface area contributed by atoms with Crippen molar-refractivity contribution in [2.45, 2.75) is 45.1 Å². The molecule has 3 fully saturated rings. The van der Waals surface area contributed by atoms with Crippen molar-refractivity contribution in [3.8, 4) is 5.75 Å². The number of hydrogen-bond acceptors (Lipinski definition) is 4. The van der Waals surface area contributed by atoms with Gasteiger partial charge in [0, 0.05) is 18.1 Å². The molecule has 2 heterocycles. The maximum atomic E-state index is 6.18. The molecule has 3 saturated carbocycles. The van der Waals surface area contributed by atoms with Crippen LogP contribution in [0, 0.1) is 30.6 Å². The van der Waals surface area contributed by atoms with E-state index >= 15 is 0 Å². The third-order valence-corrected chi connectivity index (χ3v) is 6.74. The lowest BCUT2D eigenvalue weighted by atomic mass is 9.64. The minimum absolute atomic E-state index is 0.485. The summed E-state index contributed by atoms with van der Waals surface area (Å²) in [6, 6.07) is 14.2. The molecule has 144 valence electrons. The first-order chi connectivity index (χ1) is 13.7. The number of rotatable bonds is 2. The molecule has 4 nitrogen and oxygen atoms in total. The van der Waals surface area contributed by atoms with Gasteiger partial charge in [0.15, 0.2) is 5.65 Å². The molecule has 5 atom stereocenters. The lowest BCUT2D eigenvalue weighted by Crippen LogP contribution is -2.36. The summed E-state index contributed by atoms with van der Waals surface area (Å²) in [5.41, 5.74) is 2.53. The van der Waals surface area contributed by atoms with Crippen molar-refractivity contribution in [3.63, 3.8) is 0 Å². The van der Waals surface area contributed by atoms with Gasteiger partial charge in [-0.25, -0.2) is 9.97 Å². The van der Waals surface area contributed by atoms with Crippen LogP contribution in [0.2, 0.25) is 0 Å². The van der Waals surface area contributed by atoms with Gasteiger partial charge in [-0.2, -0.15) is 0 Å². The van der Waals surface area contributed by atoms with Gasteiger partial charge in [-0.05, 0) is 87.0 Å². The van der Waals surface area contributed by atoms with Gasteiger partial charge in [0.1, 0.15) is 11.3 Å². The molecule has 1 aromatic carbocycles. The highest BCUT2D eigenvalue weighted by Gasteiger charge is 2.50. The largest absolute Gasteiger partial charge is 0.490 e. The molecule has 3 aromatic rings. The number of aryl methyl sites for hydroxylation is 1. The van der Waals surface area contributed by atoms with Crippen LogP contribution >= 0.6 is 0 Å². The molecule has 2 bridgehead atoms. The van der Waals surface area contributed by atoms with E-state index in [1.54, 1.807) is 12.4 Å². The number of nitrogens with zero attached hydrogens (tertiary/aromatic N) is 3. The molecule has 0 saturated heterocycles. The predicted molar refractivity (Wildman–Crippen MR) is 110 cm³/mol. The molecule has 4 unspecified atom stereocenters. The van der Waals surface area contributed by atoms with E-state index in [-0.39, 0.29) is 0 Å². The van der Waals surface area contributed by atoms with E-state index in [1.165, 1.54) is 32.1 Å². The number of fused-ring (bicyclic) bond motifs is 2. The second kappa shape index (κ2) is 7.50. The van der Waals surface area contributed by atoms with Crippen LogP contribution in [0.5, 0.6) is 5.75 Å². The van der Waals surface area contributed by atoms with Crippen LogP contribution in [0.3, 0.4) is 0 Å². The van der Waals surface area contributed by atoms with Crippen molar-refractivity contribution >= 4 is 11.2 Å². The first kappa shape index (κ1) is 17.6. The highest BCUT2D eigenvalue weighted by Crippen LogP contribution is 2.58. The Morgan fingerprint density at radius 2 is 1.64 bits per heavy atom. The SMILES string of the molecule is Cc1ccc2nccnc2n1.c1ccc(OC2CC3CC4C(C2)C[C@H]4C3)cc1. The Balaban J connectivity index is 0.000000135. The topological polar surface area (TPSA) is 47.9 Å². The van der Waals surface area contributed by atoms with Crippen LogP contribution in [0.1, 0.15) is 37.8 Å². The maximum absolute atomic E-state index is 6.18. The fourth-order valence-electron chi connectivity index (χ4n) is 5.50. The molecule has 3 aliphatic rings. The van der Waals surface area contributed by atoms with Gasteiger partial charge in [0.25, 0.3) is 0 Å². The minimum atomic E-state index is 0.485. The average Bonchev–Trinajstić information content (AvgIpc) is 2.94. The Hall–Kier alpha value is -2.49. The van der Waals surface area contributed by atoms with E-state index in [0.717, 1.165) is 40.6 Å². The van der Waals surface area contributed by atoms with Crippen molar-refractivity contribution in [3.05, 3.63) is 60.6 Å². The van der Waals surface area contributed by atoms with Gasteiger partial charge in [0.2, 0.25) is 0 Å². The van der Waals surface area contributed by atoms with E-state index in [9.17, 15) is 0 Å². The Bertz CT molecular complexity index is 941. The quantitative estimate of drug-likeness (QED) is 0.618. The Kier molecular flexibility index (Phi) is 4.71. The average molecular weight is 374 g/mol. The molecule has 28 heavy (non-hydrogen) atoms. The molecule has 3 aliphatic carbocycles. The van der Waals surface area contributed by atoms with Gasteiger partial charge in [-0.15, -0.1) is 0 Å². The Morgan fingerprint density at radius 3 is 2.54 bits per heavy atom. The number of pyridine rings is 1. The monoisotopic (exact) mass is 373 g/mol. The molecule has 6 rings (SSSR count). The number of para-hydroxylation sites is 1.